The summed E-state index contributed by atoms with van der Waals surface area (Å²) in [5.41, 5.74) is 4.94. The fourth-order valence-corrected chi connectivity index (χ4v) is 2.74. The Hall–Kier alpha value is -0.640. The van der Waals surface area contributed by atoms with Gasteiger partial charge in [0, 0.05) is 13.1 Å². The Labute approximate surface area is 116 Å². The fourth-order valence-electron chi connectivity index (χ4n) is 2.65. The van der Waals surface area contributed by atoms with E-state index in [1.807, 2.05) is 25.8 Å². The van der Waals surface area contributed by atoms with Gasteiger partial charge in [-0.15, -0.1) is 0 Å². The number of thiocarbonyl (C=S) groups is 1. The number of hydrogen-bond acceptors (Lipinski definition) is 2. The van der Waals surface area contributed by atoms with Crippen LogP contribution in [0.15, 0.2) is 0 Å². The minimum Gasteiger partial charge on any atom is -0.392 e. The first kappa shape index (κ1) is 15.4. The Morgan fingerprint density at radius 2 is 1.83 bits per heavy atom. The lowest BCUT2D eigenvalue weighted by Gasteiger charge is -2.38. The molecular weight excluding hydrogens is 244 g/mol. The van der Waals surface area contributed by atoms with E-state index in [1.165, 1.54) is 19.3 Å². The summed E-state index contributed by atoms with van der Waals surface area (Å²) in [6.45, 7) is 5.87. The van der Waals surface area contributed by atoms with E-state index in [9.17, 15) is 4.79 Å². The maximum Gasteiger partial charge on any atom is 0.235 e. The summed E-state index contributed by atoms with van der Waals surface area (Å²) in [6, 6.07) is 0.355. The molecule has 0 atom stereocenters. The third-order valence-electron chi connectivity index (χ3n) is 4.41. The molecule has 0 heterocycles. The summed E-state index contributed by atoms with van der Waals surface area (Å²) in [5.74, 6) is 0.892. The summed E-state index contributed by atoms with van der Waals surface area (Å²) in [6.07, 6.45) is 5.92. The van der Waals surface area contributed by atoms with Crippen LogP contribution in [0.1, 0.15) is 52.9 Å². The molecule has 2 N–H and O–H groups in total. The van der Waals surface area contributed by atoms with Gasteiger partial charge in [-0.3, -0.25) is 4.79 Å². The van der Waals surface area contributed by atoms with Gasteiger partial charge in [0.05, 0.1) is 10.4 Å². The highest BCUT2D eigenvalue weighted by molar-refractivity contribution is 7.80. The number of amides is 1. The molecule has 0 saturated heterocycles. The minimum absolute atomic E-state index is 0.0509. The first-order chi connectivity index (χ1) is 8.30. The lowest BCUT2D eigenvalue weighted by molar-refractivity contribution is -0.138. The molecule has 1 amide bonds. The van der Waals surface area contributed by atoms with E-state index in [0.29, 0.717) is 6.04 Å². The maximum atomic E-state index is 12.4. The first-order valence-electron chi connectivity index (χ1n) is 6.87. The first-order valence-corrected chi connectivity index (χ1v) is 7.28. The van der Waals surface area contributed by atoms with Gasteiger partial charge in [0.2, 0.25) is 5.91 Å². The highest BCUT2D eigenvalue weighted by Gasteiger charge is 2.36. The summed E-state index contributed by atoms with van der Waals surface area (Å²) in [7, 11) is 1.89. The molecule has 18 heavy (non-hydrogen) atoms. The molecule has 0 aliphatic heterocycles. The number of rotatable bonds is 4. The summed E-state index contributed by atoms with van der Waals surface area (Å²) in [4.78, 5) is 14.6. The Kier molecular flexibility index (Phi) is 5.14. The molecule has 0 bridgehead atoms. The molecule has 0 aromatic heterocycles. The molecule has 4 heteroatoms. The van der Waals surface area contributed by atoms with Crippen molar-refractivity contribution in [1.29, 1.82) is 0 Å². The molecule has 0 aromatic carbocycles. The quantitative estimate of drug-likeness (QED) is 0.799. The molecule has 0 unspecified atom stereocenters. The lowest BCUT2D eigenvalue weighted by Crippen LogP contribution is -2.50. The van der Waals surface area contributed by atoms with Gasteiger partial charge in [-0.2, -0.15) is 0 Å². The Bertz CT molecular complexity index is 320. The smallest absolute Gasteiger partial charge is 0.235 e. The second-order valence-corrected chi connectivity index (χ2v) is 6.43. The Morgan fingerprint density at radius 3 is 2.22 bits per heavy atom. The number of hydrogen-bond donors (Lipinski definition) is 1. The maximum absolute atomic E-state index is 12.4. The molecule has 1 rings (SSSR count). The van der Waals surface area contributed by atoms with E-state index in [4.69, 9.17) is 18.0 Å². The van der Waals surface area contributed by atoms with Crippen molar-refractivity contribution in [3.05, 3.63) is 0 Å². The highest BCUT2D eigenvalue weighted by Crippen LogP contribution is 2.31. The predicted octanol–water partition coefficient (Wildman–Crippen LogP) is 2.73. The van der Waals surface area contributed by atoms with Crippen molar-refractivity contribution in [3.8, 4) is 0 Å². The standard InChI is InChI=1S/C14H26N2OS/c1-5-10-6-8-11(9-7-10)16(4)13(17)14(2,3)12(15)18/h10-11H,5-9H2,1-4H3,(H2,15,18). The molecule has 0 aromatic rings. The summed E-state index contributed by atoms with van der Waals surface area (Å²) >= 11 is 5.00. The van der Waals surface area contributed by atoms with Crippen LogP contribution in [0.4, 0.5) is 0 Å². The molecule has 1 fully saturated rings. The van der Waals surface area contributed by atoms with Gasteiger partial charge in [-0.05, 0) is 45.4 Å². The second kappa shape index (κ2) is 6.00. The average Bonchev–Trinajstić information content (AvgIpc) is 2.36. The van der Waals surface area contributed by atoms with Crippen LogP contribution in [0.5, 0.6) is 0 Å². The van der Waals surface area contributed by atoms with Crippen LogP contribution >= 0.6 is 12.2 Å². The average molecular weight is 270 g/mol. The van der Waals surface area contributed by atoms with E-state index >= 15 is 0 Å². The van der Waals surface area contributed by atoms with Gasteiger partial charge in [0.15, 0.2) is 0 Å². The number of nitrogens with zero attached hydrogens (tertiary/aromatic N) is 1. The summed E-state index contributed by atoms with van der Waals surface area (Å²) < 4.78 is 0. The van der Waals surface area contributed by atoms with Crippen LogP contribution in [0.25, 0.3) is 0 Å². The molecule has 3 nitrogen and oxygen atoms in total. The molecule has 104 valence electrons. The normalized spacial score (nSPS) is 24.7. The van der Waals surface area contributed by atoms with Gasteiger partial charge >= 0.3 is 0 Å². The van der Waals surface area contributed by atoms with Crippen molar-refractivity contribution in [3.63, 3.8) is 0 Å². The van der Waals surface area contributed by atoms with Gasteiger partial charge in [-0.25, -0.2) is 0 Å². The zero-order valence-electron chi connectivity index (χ0n) is 12.0. The molecule has 1 saturated carbocycles. The topological polar surface area (TPSA) is 46.3 Å². The van der Waals surface area contributed by atoms with Crippen molar-refractivity contribution in [2.45, 2.75) is 58.9 Å². The lowest BCUT2D eigenvalue weighted by atomic mass is 9.83. The predicted molar refractivity (Wildman–Crippen MR) is 79.4 cm³/mol. The number of carbonyl (C=O) groups excluding carboxylic acids is 1. The van der Waals surface area contributed by atoms with E-state index in [2.05, 4.69) is 6.92 Å². The van der Waals surface area contributed by atoms with Gasteiger partial charge in [0.25, 0.3) is 0 Å². The van der Waals surface area contributed by atoms with Crippen LogP contribution < -0.4 is 5.73 Å². The van der Waals surface area contributed by atoms with Crippen LogP contribution in [0.2, 0.25) is 0 Å². The van der Waals surface area contributed by atoms with E-state index in [1.54, 1.807) is 0 Å². The monoisotopic (exact) mass is 270 g/mol. The van der Waals surface area contributed by atoms with E-state index in [0.717, 1.165) is 18.8 Å². The third kappa shape index (κ3) is 3.22. The van der Waals surface area contributed by atoms with Gasteiger partial charge in [-0.1, -0.05) is 25.6 Å². The van der Waals surface area contributed by atoms with Crippen LogP contribution in [0, 0.1) is 11.3 Å². The van der Waals surface area contributed by atoms with Crippen LogP contribution in [0.3, 0.4) is 0 Å². The van der Waals surface area contributed by atoms with E-state index < -0.39 is 5.41 Å². The minimum atomic E-state index is -0.730. The van der Waals surface area contributed by atoms with Crippen LogP contribution in [-0.4, -0.2) is 28.9 Å². The van der Waals surface area contributed by atoms with E-state index in [-0.39, 0.29) is 10.9 Å². The zero-order chi connectivity index (χ0) is 13.9. The fraction of sp³-hybridized carbons (Fsp3) is 0.857. The number of carbonyl (C=O) groups is 1. The summed E-state index contributed by atoms with van der Waals surface area (Å²) in [5, 5.41) is 0. The Morgan fingerprint density at radius 1 is 1.33 bits per heavy atom. The second-order valence-electron chi connectivity index (χ2n) is 5.99. The van der Waals surface area contributed by atoms with Gasteiger partial charge < -0.3 is 10.6 Å². The SMILES string of the molecule is CCC1CCC(N(C)C(=O)C(C)(C)C(N)=S)CC1. The van der Waals surface area contributed by atoms with Crippen LogP contribution in [-0.2, 0) is 4.79 Å². The largest absolute Gasteiger partial charge is 0.392 e. The molecule has 1 aliphatic rings. The van der Waals surface area contributed by atoms with Crippen molar-refractivity contribution < 1.29 is 4.79 Å². The highest BCUT2D eigenvalue weighted by atomic mass is 32.1. The van der Waals surface area contributed by atoms with Crippen molar-refractivity contribution in [2.24, 2.45) is 17.1 Å². The number of nitrogens with two attached hydrogens (primary N) is 1. The van der Waals surface area contributed by atoms with Gasteiger partial charge in [0.1, 0.15) is 0 Å². The molecule has 0 spiro atoms. The molecule has 0 radical (unpaired) electrons. The molecule has 1 aliphatic carbocycles. The van der Waals surface area contributed by atoms with Crippen molar-refractivity contribution in [1.82, 2.24) is 4.90 Å². The Balaban J connectivity index is 2.63. The third-order valence-corrected chi connectivity index (χ3v) is 4.92. The van der Waals surface area contributed by atoms with Crippen molar-refractivity contribution in [2.75, 3.05) is 7.05 Å². The molecular formula is C14H26N2OS. The zero-order valence-corrected chi connectivity index (χ0v) is 12.8. The van der Waals surface area contributed by atoms with Crippen molar-refractivity contribution >= 4 is 23.1 Å².